The van der Waals surface area contributed by atoms with E-state index in [-0.39, 0.29) is 5.41 Å². The van der Waals surface area contributed by atoms with Crippen LogP contribution in [0.25, 0.3) is 0 Å². The van der Waals surface area contributed by atoms with Crippen LogP contribution in [-0.4, -0.2) is 16.5 Å². The van der Waals surface area contributed by atoms with Gasteiger partial charge in [-0.25, -0.2) is 0 Å². The molecule has 0 bridgehead atoms. The summed E-state index contributed by atoms with van der Waals surface area (Å²) in [5.74, 6) is 5.60. The van der Waals surface area contributed by atoms with Crippen LogP contribution in [0.1, 0.15) is 65.2 Å². The van der Waals surface area contributed by atoms with Gasteiger partial charge in [0.1, 0.15) is 11.4 Å². The second-order valence-electron chi connectivity index (χ2n) is 8.82. The average molecular weight is 312 g/mol. The van der Waals surface area contributed by atoms with Crippen LogP contribution < -0.4 is 0 Å². The van der Waals surface area contributed by atoms with Crippen molar-refractivity contribution in [3.8, 4) is 12.3 Å². The highest BCUT2D eigenvalue weighted by molar-refractivity contribution is 5.82. The summed E-state index contributed by atoms with van der Waals surface area (Å²) in [5.41, 5.74) is 2.04. The Morgan fingerprint density at radius 1 is 1.26 bits per heavy atom. The van der Waals surface area contributed by atoms with Crippen LogP contribution in [0.5, 0.6) is 0 Å². The first-order chi connectivity index (χ1) is 10.9. The zero-order chi connectivity index (χ0) is 16.4. The lowest BCUT2D eigenvalue weighted by atomic mass is 9.50. The third-order valence-corrected chi connectivity index (χ3v) is 7.93. The molecule has 2 fully saturated rings. The Kier molecular flexibility index (Phi) is 3.34. The average Bonchev–Trinajstić information content (AvgIpc) is 2.79. The first-order valence-electron chi connectivity index (χ1n) is 9.32. The van der Waals surface area contributed by atoms with Gasteiger partial charge in [-0.3, -0.25) is 4.79 Å². The SMILES string of the molecule is C#C[C@@]1(O)CC[C@@H]2[C@@H]3[C@@H](C)CC4=C(CCC(=O)C4)[C@@H]3CC[C@]21C. The molecule has 2 saturated carbocycles. The third kappa shape index (κ3) is 1.96. The number of carbonyl (C=O) groups excluding carboxylic acids is 1. The number of hydrogen-bond acceptors (Lipinski definition) is 2. The van der Waals surface area contributed by atoms with E-state index in [9.17, 15) is 9.90 Å². The lowest BCUT2D eigenvalue weighted by molar-refractivity contribution is -0.119. The smallest absolute Gasteiger partial charge is 0.137 e. The number of Topliss-reactive ketones (excluding diaryl/α,β-unsaturated/α-hetero) is 1. The maximum atomic E-state index is 11.9. The van der Waals surface area contributed by atoms with Gasteiger partial charge in [-0.1, -0.05) is 30.9 Å². The van der Waals surface area contributed by atoms with Gasteiger partial charge in [0.25, 0.3) is 0 Å². The second-order valence-corrected chi connectivity index (χ2v) is 8.82. The number of terminal acetylenes is 1. The van der Waals surface area contributed by atoms with Crippen molar-refractivity contribution in [3.63, 3.8) is 0 Å². The van der Waals surface area contributed by atoms with E-state index in [0.29, 0.717) is 35.9 Å². The minimum Gasteiger partial charge on any atom is -0.377 e. The Labute approximate surface area is 139 Å². The largest absolute Gasteiger partial charge is 0.377 e. The summed E-state index contributed by atoms with van der Waals surface area (Å²) >= 11 is 0. The van der Waals surface area contributed by atoms with Gasteiger partial charge in [0.2, 0.25) is 0 Å². The molecular formula is C21H28O2. The molecule has 4 rings (SSSR count). The van der Waals surface area contributed by atoms with Crippen LogP contribution in [0.2, 0.25) is 0 Å². The van der Waals surface area contributed by atoms with Crippen molar-refractivity contribution in [2.75, 3.05) is 0 Å². The molecule has 6 atom stereocenters. The lowest BCUT2D eigenvalue weighted by Crippen LogP contribution is -2.52. The van der Waals surface area contributed by atoms with Gasteiger partial charge in [0.15, 0.2) is 0 Å². The van der Waals surface area contributed by atoms with Crippen LogP contribution in [-0.2, 0) is 4.79 Å². The van der Waals surface area contributed by atoms with Crippen molar-refractivity contribution in [3.05, 3.63) is 11.1 Å². The van der Waals surface area contributed by atoms with E-state index in [2.05, 4.69) is 19.8 Å². The highest BCUT2D eigenvalue weighted by Gasteiger charge is 2.62. The first kappa shape index (κ1) is 15.5. The molecule has 0 aliphatic heterocycles. The van der Waals surface area contributed by atoms with Gasteiger partial charge in [0, 0.05) is 18.3 Å². The van der Waals surface area contributed by atoms with E-state index >= 15 is 0 Å². The molecular weight excluding hydrogens is 284 g/mol. The van der Waals surface area contributed by atoms with Gasteiger partial charge in [-0.2, -0.15) is 0 Å². The van der Waals surface area contributed by atoms with E-state index in [0.717, 1.165) is 44.9 Å². The maximum absolute atomic E-state index is 11.9. The summed E-state index contributed by atoms with van der Waals surface area (Å²) in [6, 6.07) is 0. The van der Waals surface area contributed by atoms with Crippen LogP contribution in [0.3, 0.4) is 0 Å². The Morgan fingerprint density at radius 3 is 2.78 bits per heavy atom. The van der Waals surface area contributed by atoms with Gasteiger partial charge in [0.05, 0.1) is 0 Å². The van der Waals surface area contributed by atoms with Crippen molar-refractivity contribution < 1.29 is 9.90 Å². The molecule has 0 saturated heterocycles. The molecule has 0 aromatic carbocycles. The quantitative estimate of drug-likeness (QED) is 0.544. The van der Waals surface area contributed by atoms with E-state index in [4.69, 9.17) is 6.42 Å². The molecule has 4 aliphatic rings. The van der Waals surface area contributed by atoms with Gasteiger partial charge >= 0.3 is 0 Å². The van der Waals surface area contributed by atoms with Crippen molar-refractivity contribution in [1.82, 2.24) is 0 Å². The third-order valence-electron chi connectivity index (χ3n) is 7.93. The molecule has 0 unspecified atom stereocenters. The van der Waals surface area contributed by atoms with Gasteiger partial charge in [-0.15, -0.1) is 6.42 Å². The molecule has 0 heterocycles. The van der Waals surface area contributed by atoms with E-state index in [1.807, 2.05) is 0 Å². The normalized spacial score (nSPS) is 49.2. The Bertz CT molecular complexity index is 624. The summed E-state index contributed by atoms with van der Waals surface area (Å²) in [6.07, 6.45) is 13.2. The number of fused-ring (bicyclic) bond motifs is 4. The summed E-state index contributed by atoms with van der Waals surface area (Å²) in [5, 5.41) is 11.0. The summed E-state index contributed by atoms with van der Waals surface area (Å²) < 4.78 is 0. The molecule has 124 valence electrons. The van der Waals surface area contributed by atoms with E-state index in [1.54, 1.807) is 5.57 Å². The number of hydrogen-bond donors (Lipinski definition) is 1. The minimum atomic E-state index is -0.917. The molecule has 0 radical (unpaired) electrons. The molecule has 4 aliphatic carbocycles. The zero-order valence-corrected chi connectivity index (χ0v) is 14.4. The highest BCUT2D eigenvalue weighted by Crippen LogP contribution is 2.65. The van der Waals surface area contributed by atoms with Crippen molar-refractivity contribution in [2.24, 2.45) is 29.1 Å². The summed E-state index contributed by atoms with van der Waals surface area (Å²) in [7, 11) is 0. The lowest BCUT2D eigenvalue weighted by Gasteiger charge is -2.55. The number of aliphatic hydroxyl groups is 1. The number of allylic oxidation sites excluding steroid dienone is 2. The maximum Gasteiger partial charge on any atom is 0.137 e. The zero-order valence-electron chi connectivity index (χ0n) is 14.4. The summed E-state index contributed by atoms with van der Waals surface area (Å²) in [6.45, 7) is 4.60. The minimum absolute atomic E-state index is 0.125. The van der Waals surface area contributed by atoms with E-state index < -0.39 is 5.60 Å². The predicted molar refractivity (Wildman–Crippen MR) is 90.5 cm³/mol. The number of rotatable bonds is 0. The topological polar surface area (TPSA) is 37.3 Å². The molecule has 1 N–H and O–H groups in total. The first-order valence-corrected chi connectivity index (χ1v) is 9.32. The second kappa shape index (κ2) is 4.96. The van der Waals surface area contributed by atoms with Crippen molar-refractivity contribution in [2.45, 2.75) is 70.8 Å². The van der Waals surface area contributed by atoms with Gasteiger partial charge in [-0.05, 0) is 62.2 Å². The molecule has 0 aromatic rings. The van der Waals surface area contributed by atoms with E-state index in [1.165, 1.54) is 5.57 Å². The Hall–Kier alpha value is -1.07. The van der Waals surface area contributed by atoms with Crippen molar-refractivity contribution in [1.29, 1.82) is 0 Å². The molecule has 0 aromatic heterocycles. The van der Waals surface area contributed by atoms with Crippen LogP contribution in [0.4, 0.5) is 0 Å². The Morgan fingerprint density at radius 2 is 2.04 bits per heavy atom. The van der Waals surface area contributed by atoms with Crippen LogP contribution >= 0.6 is 0 Å². The molecule has 0 amide bonds. The fraction of sp³-hybridized carbons (Fsp3) is 0.762. The van der Waals surface area contributed by atoms with Crippen LogP contribution in [0, 0.1) is 41.4 Å². The Balaban J connectivity index is 1.72. The van der Waals surface area contributed by atoms with Crippen LogP contribution in [0.15, 0.2) is 11.1 Å². The number of ketones is 1. The van der Waals surface area contributed by atoms with Gasteiger partial charge < -0.3 is 5.11 Å². The van der Waals surface area contributed by atoms with Crippen molar-refractivity contribution >= 4 is 5.78 Å². The molecule has 23 heavy (non-hydrogen) atoms. The highest BCUT2D eigenvalue weighted by atomic mass is 16.3. The fourth-order valence-electron chi connectivity index (χ4n) is 6.72. The monoisotopic (exact) mass is 312 g/mol. The molecule has 2 heteroatoms. The molecule has 0 spiro atoms. The summed E-state index contributed by atoms with van der Waals surface area (Å²) in [4.78, 5) is 11.9. The predicted octanol–water partition coefficient (Wildman–Crippen LogP) is 3.88. The molecule has 2 nitrogen and oxygen atoms in total. The standard InChI is InChI=1S/C21H28O2/c1-4-21(23)10-8-18-19-13(2)11-14-12-15(22)5-6-16(14)17(19)7-9-20(18,21)3/h1,13,17-19,23H,5-12H2,2-3H3/t13-,17-,18+,19+,20+,21+/m0/s1. The fourth-order valence-corrected chi connectivity index (χ4v) is 6.72. The number of carbonyl (C=O) groups is 1.